The van der Waals surface area contributed by atoms with Crippen molar-refractivity contribution in [2.75, 3.05) is 51.7 Å². The molecule has 1 aromatic heterocycles. The number of nitrogens with zero attached hydrogens (tertiary/aromatic N) is 5. The largest absolute Gasteiger partial charge is 0.366 e. The topological polar surface area (TPSA) is 95.7 Å². The number of primary amides is 1. The number of nitrogens with two attached hydrogens (primary N) is 1. The molecule has 3 rings (SSSR count). The third kappa shape index (κ3) is 5.19. The molecule has 0 saturated carbocycles. The smallest absolute Gasteiger partial charge is 0.248 e. The van der Waals surface area contributed by atoms with E-state index in [0.717, 1.165) is 36.3 Å². The zero-order valence-corrected chi connectivity index (χ0v) is 18.8. The minimum atomic E-state index is -0.469. The number of aromatic nitrogens is 2. The fourth-order valence-corrected chi connectivity index (χ4v) is 3.92. The molecule has 2 heterocycles. The molecular formula is C23H32N6O2. The van der Waals surface area contributed by atoms with Crippen molar-refractivity contribution in [3.05, 3.63) is 41.7 Å². The standard InChI is InChI=1S/C23H32N6O2/c1-5-28(6-2)15-20(30)29-11-10-18(14-29)21-19(13-25-23(26-21)27(3)4)16-8-7-9-17(12-16)22(24)31/h7-9,12-13,18H,5-6,10-11,14-15H2,1-4H3,(H2,24,31)/t18-/m0/s1. The Hall–Kier alpha value is -3.00. The van der Waals surface area contributed by atoms with Crippen LogP contribution < -0.4 is 10.6 Å². The lowest BCUT2D eigenvalue weighted by atomic mass is 9.95. The second-order valence-electron chi connectivity index (χ2n) is 8.10. The zero-order valence-electron chi connectivity index (χ0n) is 18.8. The molecule has 31 heavy (non-hydrogen) atoms. The van der Waals surface area contributed by atoms with E-state index >= 15 is 0 Å². The molecule has 0 spiro atoms. The number of hydrogen-bond donors (Lipinski definition) is 1. The van der Waals surface area contributed by atoms with E-state index in [4.69, 9.17) is 10.7 Å². The van der Waals surface area contributed by atoms with Crippen LogP contribution in [0.2, 0.25) is 0 Å². The first-order valence-electron chi connectivity index (χ1n) is 10.8. The quantitative estimate of drug-likeness (QED) is 0.696. The first-order chi connectivity index (χ1) is 14.8. The van der Waals surface area contributed by atoms with Crippen LogP contribution in [0.25, 0.3) is 11.1 Å². The maximum absolute atomic E-state index is 12.8. The number of carbonyl (C=O) groups is 2. The molecule has 0 aliphatic carbocycles. The third-order valence-corrected chi connectivity index (χ3v) is 5.84. The van der Waals surface area contributed by atoms with E-state index in [2.05, 4.69) is 23.7 Å². The number of amides is 2. The van der Waals surface area contributed by atoms with Crippen LogP contribution >= 0.6 is 0 Å². The van der Waals surface area contributed by atoms with Crippen molar-refractivity contribution in [1.82, 2.24) is 19.8 Å². The molecule has 166 valence electrons. The third-order valence-electron chi connectivity index (χ3n) is 5.84. The average molecular weight is 425 g/mol. The predicted octanol–water partition coefficient (Wildman–Crippen LogP) is 1.97. The van der Waals surface area contributed by atoms with Crippen LogP contribution in [0.5, 0.6) is 0 Å². The number of anilines is 1. The van der Waals surface area contributed by atoms with Crippen LogP contribution in [0.1, 0.15) is 42.2 Å². The SMILES string of the molecule is CCN(CC)CC(=O)N1CC[C@H](c2nc(N(C)C)ncc2-c2cccc(C(N)=O)c2)C1. The fourth-order valence-electron chi connectivity index (χ4n) is 3.92. The van der Waals surface area contributed by atoms with Crippen LogP contribution in [0, 0.1) is 0 Å². The van der Waals surface area contributed by atoms with Gasteiger partial charge in [-0.3, -0.25) is 14.5 Å². The van der Waals surface area contributed by atoms with E-state index < -0.39 is 5.91 Å². The molecule has 1 atom stereocenters. The molecule has 1 saturated heterocycles. The van der Waals surface area contributed by atoms with Crippen molar-refractivity contribution in [1.29, 1.82) is 0 Å². The van der Waals surface area contributed by atoms with Gasteiger partial charge in [-0.2, -0.15) is 0 Å². The molecule has 8 nitrogen and oxygen atoms in total. The summed E-state index contributed by atoms with van der Waals surface area (Å²) < 4.78 is 0. The molecule has 1 aliphatic rings. The van der Waals surface area contributed by atoms with E-state index in [1.165, 1.54) is 0 Å². The minimum absolute atomic E-state index is 0.106. The molecule has 1 aliphatic heterocycles. The van der Waals surface area contributed by atoms with Gasteiger partial charge in [-0.1, -0.05) is 26.0 Å². The Balaban J connectivity index is 1.91. The van der Waals surface area contributed by atoms with Gasteiger partial charge in [-0.05, 0) is 37.2 Å². The molecule has 0 unspecified atom stereocenters. The summed E-state index contributed by atoms with van der Waals surface area (Å²) in [7, 11) is 3.81. The summed E-state index contributed by atoms with van der Waals surface area (Å²) in [5.41, 5.74) is 8.55. The maximum Gasteiger partial charge on any atom is 0.248 e. The number of benzene rings is 1. The van der Waals surface area contributed by atoms with Gasteiger partial charge in [0.25, 0.3) is 0 Å². The van der Waals surface area contributed by atoms with E-state index in [-0.39, 0.29) is 11.8 Å². The van der Waals surface area contributed by atoms with Gasteiger partial charge >= 0.3 is 0 Å². The Bertz CT molecular complexity index is 941. The van der Waals surface area contributed by atoms with Crippen LogP contribution in [-0.2, 0) is 4.79 Å². The second-order valence-corrected chi connectivity index (χ2v) is 8.10. The fraction of sp³-hybridized carbons (Fsp3) is 0.478. The lowest BCUT2D eigenvalue weighted by molar-refractivity contribution is -0.131. The molecule has 1 aromatic carbocycles. The monoisotopic (exact) mass is 424 g/mol. The Morgan fingerprint density at radius 1 is 1.23 bits per heavy atom. The molecule has 2 amide bonds. The predicted molar refractivity (Wildman–Crippen MR) is 122 cm³/mol. The first kappa shape index (κ1) is 22.7. The van der Waals surface area contributed by atoms with E-state index in [1.54, 1.807) is 18.3 Å². The summed E-state index contributed by atoms with van der Waals surface area (Å²) >= 11 is 0. The molecule has 2 N–H and O–H groups in total. The lowest BCUT2D eigenvalue weighted by Gasteiger charge is -2.23. The summed E-state index contributed by atoms with van der Waals surface area (Å²) in [5, 5.41) is 0. The Kier molecular flexibility index (Phi) is 7.22. The first-order valence-corrected chi connectivity index (χ1v) is 10.8. The number of carbonyl (C=O) groups excluding carboxylic acids is 2. The molecule has 0 radical (unpaired) electrons. The van der Waals surface area contributed by atoms with Crippen LogP contribution in [0.15, 0.2) is 30.5 Å². The van der Waals surface area contributed by atoms with E-state index in [0.29, 0.717) is 31.1 Å². The van der Waals surface area contributed by atoms with Crippen molar-refractivity contribution >= 4 is 17.8 Å². The minimum Gasteiger partial charge on any atom is -0.366 e. The lowest BCUT2D eigenvalue weighted by Crippen LogP contribution is -2.39. The highest BCUT2D eigenvalue weighted by Gasteiger charge is 2.31. The summed E-state index contributed by atoms with van der Waals surface area (Å²) in [5.74, 6) is 0.418. The molecular weight excluding hydrogens is 392 g/mol. The van der Waals surface area contributed by atoms with Gasteiger partial charge in [-0.25, -0.2) is 9.97 Å². The molecule has 2 aromatic rings. The van der Waals surface area contributed by atoms with Crippen molar-refractivity contribution in [2.24, 2.45) is 5.73 Å². The van der Waals surface area contributed by atoms with Crippen molar-refractivity contribution in [3.63, 3.8) is 0 Å². The summed E-state index contributed by atoms with van der Waals surface area (Å²) in [4.78, 5) is 39.7. The number of likely N-dealkylation sites (tertiary alicyclic amines) is 1. The van der Waals surface area contributed by atoms with Crippen molar-refractivity contribution < 1.29 is 9.59 Å². The average Bonchev–Trinajstić information content (AvgIpc) is 3.27. The van der Waals surface area contributed by atoms with Crippen LogP contribution in [0.3, 0.4) is 0 Å². The highest BCUT2D eigenvalue weighted by molar-refractivity contribution is 5.94. The van der Waals surface area contributed by atoms with E-state index in [9.17, 15) is 9.59 Å². The van der Waals surface area contributed by atoms with Gasteiger partial charge in [0, 0.05) is 50.4 Å². The summed E-state index contributed by atoms with van der Waals surface area (Å²) in [6.45, 7) is 7.65. The number of rotatable bonds is 8. The molecule has 8 heteroatoms. The van der Waals surface area contributed by atoms with Gasteiger partial charge in [0.2, 0.25) is 17.8 Å². The van der Waals surface area contributed by atoms with Crippen LogP contribution in [-0.4, -0.2) is 78.4 Å². The normalized spacial score (nSPS) is 16.0. The number of likely N-dealkylation sites (N-methyl/N-ethyl adjacent to an activating group) is 1. The van der Waals surface area contributed by atoms with Gasteiger partial charge in [0.05, 0.1) is 12.2 Å². The Labute approximate surface area is 184 Å². The van der Waals surface area contributed by atoms with Gasteiger partial charge in [0.1, 0.15) is 0 Å². The second kappa shape index (κ2) is 9.87. The van der Waals surface area contributed by atoms with E-state index in [1.807, 2.05) is 36.0 Å². The number of hydrogen-bond acceptors (Lipinski definition) is 6. The maximum atomic E-state index is 12.8. The molecule has 0 bridgehead atoms. The zero-order chi connectivity index (χ0) is 22.5. The van der Waals surface area contributed by atoms with Gasteiger partial charge in [0.15, 0.2) is 0 Å². The molecule has 1 fully saturated rings. The highest BCUT2D eigenvalue weighted by atomic mass is 16.2. The van der Waals surface area contributed by atoms with Crippen molar-refractivity contribution in [3.8, 4) is 11.1 Å². The van der Waals surface area contributed by atoms with Gasteiger partial charge < -0.3 is 15.5 Å². The Morgan fingerprint density at radius 2 is 1.97 bits per heavy atom. The van der Waals surface area contributed by atoms with Crippen LogP contribution in [0.4, 0.5) is 5.95 Å². The summed E-state index contributed by atoms with van der Waals surface area (Å²) in [6, 6.07) is 7.22. The summed E-state index contributed by atoms with van der Waals surface area (Å²) in [6.07, 6.45) is 2.65. The highest BCUT2D eigenvalue weighted by Crippen LogP contribution is 2.34. The van der Waals surface area contributed by atoms with Crippen molar-refractivity contribution in [2.45, 2.75) is 26.2 Å². The Morgan fingerprint density at radius 3 is 2.61 bits per heavy atom. The van der Waals surface area contributed by atoms with Gasteiger partial charge in [-0.15, -0.1) is 0 Å².